The van der Waals surface area contributed by atoms with Crippen LogP contribution in [0.15, 0.2) is 48.7 Å². The lowest BCUT2D eigenvalue weighted by molar-refractivity contribution is -0.128. The van der Waals surface area contributed by atoms with E-state index < -0.39 is 0 Å². The monoisotopic (exact) mass is 355 g/mol. The Bertz CT molecular complexity index is 702. The number of pyridine rings is 1. The standard InChI is InChI=1S/C20H25N3O3/c1-2-18(23-11-13-25-14-12-23)19(24)22-15-16-7-6-10-21-20(16)26-17-8-4-3-5-9-17/h3-10,18H,2,11-15H2,1H3,(H,22,24)/t18-/m1/s1. The second-order valence-corrected chi connectivity index (χ2v) is 6.17. The fraction of sp³-hybridized carbons (Fsp3) is 0.400. The molecule has 1 aromatic heterocycles. The number of nitrogens with zero attached hydrogens (tertiary/aromatic N) is 2. The van der Waals surface area contributed by atoms with Crippen LogP contribution in [0.25, 0.3) is 0 Å². The van der Waals surface area contributed by atoms with Gasteiger partial charge in [0.15, 0.2) is 0 Å². The molecule has 0 saturated carbocycles. The van der Waals surface area contributed by atoms with Crippen LogP contribution in [0.2, 0.25) is 0 Å². The number of hydrogen-bond acceptors (Lipinski definition) is 5. The molecule has 0 spiro atoms. The summed E-state index contributed by atoms with van der Waals surface area (Å²) in [6.07, 6.45) is 2.46. The van der Waals surface area contributed by atoms with Gasteiger partial charge in [-0.05, 0) is 24.6 Å². The Balaban J connectivity index is 1.62. The average Bonchev–Trinajstić information content (AvgIpc) is 2.69. The number of rotatable bonds is 7. The first-order valence-corrected chi connectivity index (χ1v) is 9.04. The lowest BCUT2D eigenvalue weighted by atomic mass is 10.1. The van der Waals surface area contributed by atoms with Crippen molar-refractivity contribution in [2.24, 2.45) is 0 Å². The summed E-state index contributed by atoms with van der Waals surface area (Å²) >= 11 is 0. The minimum atomic E-state index is -0.130. The van der Waals surface area contributed by atoms with Crippen molar-refractivity contribution < 1.29 is 14.3 Å². The molecule has 1 aliphatic heterocycles. The van der Waals surface area contributed by atoms with Crippen molar-refractivity contribution >= 4 is 5.91 Å². The summed E-state index contributed by atoms with van der Waals surface area (Å²) in [5.74, 6) is 1.26. The molecule has 1 N–H and O–H groups in total. The van der Waals surface area contributed by atoms with Gasteiger partial charge < -0.3 is 14.8 Å². The SMILES string of the molecule is CC[C@H](C(=O)NCc1cccnc1Oc1ccccc1)N1CCOCC1. The first-order chi connectivity index (χ1) is 12.8. The third-order valence-electron chi connectivity index (χ3n) is 4.44. The van der Waals surface area contributed by atoms with E-state index in [2.05, 4.69) is 15.2 Å². The predicted octanol–water partition coefficient (Wildman–Crippen LogP) is 2.60. The molecule has 1 atom stereocenters. The maximum absolute atomic E-state index is 12.7. The molecule has 1 saturated heterocycles. The molecule has 0 unspecified atom stereocenters. The highest BCUT2D eigenvalue weighted by molar-refractivity contribution is 5.81. The van der Waals surface area contributed by atoms with E-state index in [0.717, 1.165) is 30.8 Å². The van der Waals surface area contributed by atoms with Gasteiger partial charge in [0.05, 0.1) is 19.3 Å². The molecule has 1 amide bonds. The molecule has 1 aliphatic rings. The third-order valence-corrected chi connectivity index (χ3v) is 4.44. The number of aromatic nitrogens is 1. The van der Waals surface area contributed by atoms with Gasteiger partial charge >= 0.3 is 0 Å². The Hall–Kier alpha value is -2.44. The fourth-order valence-electron chi connectivity index (χ4n) is 3.05. The smallest absolute Gasteiger partial charge is 0.237 e. The average molecular weight is 355 g/mol. The normalized spacial score (nSPS) is 16.0. The van der Waals surface area contributed by atoms with Crippen molar-refractivity contribution in [3.05, 3.63) is 54.2 Å². The summed E-state index contributed by atoms with van der Waals surface area (Å²) < 4.78 is 11.2. The number of hydrogen-bond donors (Lipinski definition) is 1. The lowest BCUT2D eigenvalue weighted by Gasteiger charge is -2.33. The molecule has 2 aromatic rings. The van der Waals surface area contributed by atoms with Crippen LogP contribution in [-0.4, -0.2) is 48.1 Å². The van der Waals surface area contributed by atoms with Crippen LogP contribution in [-0.2, 0) is 16.1 Å². The van der Waals surface area contributed by atoms with Crippen molar-refractivity contribution in [3.63, 3.8) is 0 Å². The largest absolute Gasteiger partial charge is 0.439 e. The van der Waals surface area contributed by atoms with Crippen LogP contribution in [0, 0.1) is 0 Å². The zero-order chi connectivity index (χ0) is 18.2. The van der Waals surface area contributed by atoms with Crippen LogP contribution in [0.5, 0.6) is 11.6 Å². The highest BCUT2D eigenvalue weighted by atomic mass is 16.5. The van der Waals surface area contributed by atoms with E-state index in [9.17, 15) is 4.79 Å². The summed E-state index contributed by atoms with van der Waals surface area (Å²) in [5, 5.41) is 3.03. The van der Waals surface area contributed by atoms with Gasteiger partial charge in [-0.15, -0.1) is 0 Å². The van der Waals surface area contributed by atoms with Gasteiger partial charge in [-0.3, -0.25) is 9.69 Å². The second-order valence-electron chi connectivity index (χ2n) is 6.17. The van der Waals surface area contributed by atoms with Gasteiger partial charge in [0, 0.05) is 31.4 Å². The molecule has 0 bridgehead atoms. The highest BCUT2D eigenvalue weighted by Crippen LogP contribution is 2.22. The molecule has 26 heavy (non-hydrogen) atoms. The second kappa shape index (κ2) is 9.31. The van der Waals surface area contributed by atoms with Crippen molar-refractivity contribution in [1.29, 1.82) is 0 Å². The summed E-state index contributed by atoms with van der Waals surface area (Å²) in [4.78, 5) is 19.2. The lowest BCUT2D eigenvalue weighted by Crippen LogP contribution is -2.50. The Kier molecular flexibility index (Phi) is 6.57. The molecule has 6 heteroatoms. The number of carbonyl (C=O) groups is 1. The number of ether oxygens (including phenoxy) is 2. The molecule has 2 heterocycles. The minimum Gasteiger partial charge on any atom is -0.439 e. The molecule has 0 radical (unpaired) electrons. The predicted molar refractivity (Wildman–Crippen MR) is 99.1 cm³/mol. The van der Waals surface area contributed by atoms with E-state index in [-0.39, 0.29) is 11.9 Å². The topological polar surface area (TPSA) is 63.7 Å². The molecule has 0 aliphatic carbocycles. The first-order valence-electron chi connectivity index (χ1n) is 9.04. The van der Waals surface area contributed by atoms with Gasteiger partial charge in [0.1, 0.15) is 5.75 Å². The van der Waals surface area contributed by atoms with Crippen LogP contribution in [0.3, 0.4) is 0 Å². The molecular weight excluding hydrogens is 330 g/mol. The van der Waals surface area contributed by atoms with Crippen LogP contribution in [0.1, 0.15) is 18.9 Å². The van der Waals surface area contributed by atoms with Gasteiger partial charge in [-0.2, -0.15) is 0 Å². The maximum Gasteiger partial charge on any atom is 0.237 e. The van der Waals surface area contributed by atoms with E-state index >= 15 is 0 Å². The Morgan fingerprint density at radius 2 is 2.00 bits per heavy atom. The first kappa shape index (κ1) is 18.4. The van der Waals surface area contributed by atoms with Crippen LogP contribution >= 0.6 is 0 Å². The molecule has 1 aromatic carbocycles. The van der Waals surface area contributed by atoms with E-state index in [4.69, 9.17) is 9.47 Å². The Labute approximate surface area is 154 Å². The van der Waals surface area contributed by atoms with Crippen molar-refractivity contribution in [3.8, 4) is 11.6 Å². The Morgan fingerprint density at radius 3 is 2.73 bits per heavy atom. The minimum absolute atomic E-state index is 0.0314. The van der Waals surface area contributed by atoms with Crippen LogP contribution in [0.4, 0.5) is 0 Å². The number of carbonyl (C=O) groups excluding carboxylic acids is 1. The number of nitrogens with one attached hydrogen (secondary N) is 1. The maximum atomic E-state index is 12.7. The number of amides is 1. The summed E-state index contributed by atoms with van der Waals surface area (Å²) in [6.45, 7) is 5.37. The van der Waals surface area contributed by atoms with E-state index in [0.29, 0.717) is 25.6 Å². The molecule has 6 nitrogen and oxygen atoms in total. The van der Waals surface area contributed by atoms with Crippen molar-refractivity contribution in [2.45, 2.75) is 25.9 Å². The number of para-hydroxylation sites is 1. The molecule has 3 rings (SSSR count). The summed E-state index contributed by atoms with van der Waals surface area (Å²) in [6, 6.07) is 13.1. The molecule has 138 valence electrons. The number of morpholine rings is 1. The van der Waals surface area contributed by atoms with Gasteiger partial charge in [0.25, 0.3) is 0 Å². The summed E-state index contributed by atoms with van der Waals surface area (Å²) in [7, 11) is 0. The molecule has 1 fully saturated rings. The zero-order valence-electron chi connectivity index (χ0n) is 15.1. The van der Waals surface area contributed by atoms with E-state index in [1.807, 2.05) is 49.4 Å². The van der Waals surface area contributed by atoms with Crippen molar-refractivity contribution in [2.75, 3.05) is 26.3 Å². The van der Waals surface area contributed by atoms with E-state index in [1.165, 1.54) is 0 Å². The quantitative estimate of drug-likeness (QED) is 0.827. The van der Waals surface area contributed by atoms with Gasteiger partial charge in [-0.1, -0.05) is 31.2 Å². The Morgan fingerprint density at radius 1 is 1.23 bits per heavy atom. The van der Waals surface area contributed by atoms with E-state index in [1.54, 1.807) is 6.20 Å². The third kappa shape index (κ3) is 4.80. The van der Waals surface area contributed by atoms with Gasteiger partial charge in [0.2, 0.25) is 11.8 Å². The van der Waals surface area contributed by atoms with Crippen LogP contribution < -0.4 is 10.1 Å². The molecular formula is C20H25N3O3. The zero-order valence-corrected chi connectivity index (χ0v) is 15.1. The highest BCUT2D eigenvalue weighted by Gasteiger charge is 2.25. The van der Waals surface area contributed by atoms with Crippen molar-refractivity contribution in [1.82, 2.24) is 15.2 Å². The van der Waals surface area contributed by atoms with Gasteiger partial charge in [-0.25, -0.2) is 4.98 Å². The summed E-state index contributed by atoms with van der Waals surface area (Å²) in [5.41, 5.74) is 0.849. The fourth-order valence-corrected chi connectivity index (χ4v) is 3.05. The number of benzene rings is 1.